The average molecular weight is 436 g/mol. The summed E-state index contributed by atoms with van der Waals surface area (Å²) < 4.78 is 30.3. The zero-order valence-corrected chi connectivity index (χ0v) is 16.7. The maximum Gasteiger partial charge on any atom is 0.346 e. The van der Waals surface area contributed by atoms with Crippen molar-refractivity contribution in [3.8, 4) is 5.75 Å². The van der Waals surface area contributed by atoms with Gasteiger partial charge in [0.2, 0.25) is 0 Å². The lowest BCUT2D eigenvalue weighted by atomic mass is 10.2. The van der Waals surface area contributed by atoms with Crippen LogP contribution in [-0.2, 0) is 14.9 Å². The van der Waals surface area contributed by atoms with E-state index in [1.54, 1.807) is 25.3 Å². The van der Waals surface area contributed by atoms with E-state index in [0.29, 0.717) is 14.8 Å². The quantitative estimate of drug-likeness (QED) is 0.231. The SMILES string of the molecule is CN1C(=O)C(=Cc2ccc(OS(=O)(=O)c3ccccc3[N+](=O)[O-])cc2)SC1=S. The highest BCUT2D eigenvalue weighted by atomic mass is 32.2. The summed E-state index contributed by atoms with van der Waals surface area (Å²) in [6, 6.07) is 10.8. The number of nitro groups is 1. The summed E-state index contributed by atoms with van der Waals surface area (Å²) in [6.45, 7) is 0. The highest BCUT2D eigenvalue weighted by Gasteiger charge is 2.29. The van der Waals surface area contributed by atoms with Gasteiger partial charge in [0.25, 0.3) is 11.6 Å². The summed E-state index contributed by atoms with van der Waals surface area (Å²) >= 11 is 6.23. The van der Waals surface area contributed by atoms with Crippen molar-refractivity contribution in [3.05, 3.63) is 69.1 Å². The third-order valence-electron chi connectivity index (χ3n) is 3.70. The van der Waals surface area contributed by atoms with Gasteiger partial charge in [0, 0.05) is 13.1 Å². The van der Waals surface area contributed by atoms with Gasteiger partial charge in [-0.05, 0) is 29.8 Å². The number of rotatable bonds is 5. The molecule has 1 amide bonds. The van der Waals surface area contributed by atoms with Crippen molar-refractivity contribution in [2.24, 2.45) is 0 Å². The smallest absolute Gasteiger partial charge is 0.346 e. The molecule has 144 valence electrons. The molecule has 28 heavy (non-hydrogen) atoms. The molecule has 0 atom stereocenters. The Labute approximate surface area is 170 Å². The molecule has 1 aliphatic heterocycles. The molecule has 1 heterocycles. The molecule has 0 spiro atoms. The molecule has 0 aliphatic carbocycles. The Hall–Kier alpha value is -2.76. The molecule has 1 fully saturated rings. The van der Waals surface area contributed by atoms with Crippen molar-refractivity contribution >= 4 is 56.1 Å². The van der Waals surface area contributed by atoms with Crippen LogP contribution >= 0.6 is 24.0 Å². The van der Waals surface area contributed by atoms with Gasteiger partial charge in [-0.2, -0.15) is 8.42 Å². The molecule has 1 saturated heterocycles. The largest absolute Gasteiger partial charge is 0.379 e. The monoisotopic (exact) mass is 436 g/mol. The fraction of sp³-hybridized carbons (Fsp3) is 0.0588. The van der Waals surface area contributed by atoms with E-state index < -0.39 is 25.6 Å². The number of nitro benzene ring substituents is 1. The van der Waals surface area contributed by atoms with Crippen molar-refractivity contribution in [2.45, 2.75) is 4.90 Å². The van der Waals surface area contributed by atoms with Crippen molar-refractivity contribution in [1.82, 2.24) is 4.90 Å². The number of amides is 1. The fourth-order valence-corrected chi connectivity index (χ4v) is 4.59. The summed E-state index contributed by atoms with van der Waals surface area (Å²) in [7, 11) is -2.80. The molecular weight excluding hydrogens is 424 g/mol. The first-order valence-electron chi connectivity index (χ1n) is 7.68. The molecule has 8 nitrogen and oxygen atoms in total. The van der Waals surface area contributed by atoms with E-state index in [-0.39, 0.29) is 11.7 Å². The van der Waals surface area contributed by atoms with E-state index >= 15 is 0 Å². The normalized spacial score (nSPS) is 15.9. The van der Waals surface area contributed by atoms with Crippen LogP contribution in [0.2, 0.25) is 0 Å². The van der Waals surface area contributed by atoms with Gasteiger partial charge in [0.05, 0.1) is 9.83 Å². The second kappa shape index (κ2) is 7.70. The van der Waals surface area contributed by atoms with Gasteiger partial charge < -0.3 is 4.18 Å². The van der Waals surface area contributed by atoms with Crippen LogP contribution in [0, 0.1) is 10.1 Å². The second-order valence-electron chi connectivity index (χ2n) is 5.57. The molecule has 2 aromatic rings. The van der Waals surface area contributed by atoms with Crippen molar-refractivity contribution in [2.75, 3.05) is 7.05 Å². The molecule has 0 saturated carbocycles. The van der Waals surface area contributed by atoms with Crippen molar-refractivity contribution in [3.63, 3.8) is 0 Å². The molecule has 11 heteroatoms. The Kier molecular flexibility index (Phi) is 5.49. The molecule has 3 rings (SSSR count). The van der Waals surface area contributed by atoms with Crippen LogP contribution in [0.1, 0.15) is 5.56 Å². The van der Waals surface area contributed by atoms with E-state index in [0.717, 1.165) is 12.1 Å². The Morgan fingerprint density at radius 1 is 1.18 bits per heavy atom. The van der Waals surface area contributed by atoms with E-state index in [1.165, 1.54) is 40.9 Å². The third kappa shape index (κ3) is 4.06. The number of carbonyl (C=O) groups excluding carboxylic acids is 1. The maximum atomic E-state index is 12.4. The second-order valence-corrected chi connectivity index (χ2v) is 8.76. The number of thiocarbonyl (C=S) groups is 1. The fourth-order valence-electron chi connectivity index (χ4n) is 2.31. The highest BCUT2D eigenvalue weighted by Crippen LogP contribution is 2.32. The lowest BCUT2D eigenvalue weighted by molar-refractivity contribution is -0.387. The van der Waals surface area contributed by atoms with Gasteiger partial charge in [-0.15, -0.1) is 0 Å². The zero-order valence-electron chi connectivity index (χ0n) is 14.3. The summed E-state index contributed by atoms with van der Waals surface area (Å²) in [5.41, 5.74) is 0.0742. The van der Waals surface area contributed by atoms with Crippen LogP contribution in [0.15, 0.2) is 58.3 Å². The number of hydrogen-bond acceptors (Lipinski definition) is 8. The summed E-state index contributed by atoms with van der Waals surface area (Å²) in [5, 5.41) is 11.0. The predicted octanol–water partition coefficient (Wildman–Crippen LogP) is 3.19. The molecule has 0 unspecified atom stereocenters. The molecule has 0 N–H and O–H groups in total. The molecule has 1 aliphatic rings. The van der Waals surface area contributed by atoms with Crippen LogP contribution in [0.3, 0.4) is 0 Å². The predicted molar refractivity (Wildman–Crippen MR) is 108 cm³/mol. The highest BCUT2D eigenvalue weighted by molar-refractivity contribution is 8.26. The Morgan fingerprint density at radius 2 is 1.82 bits per heavy atom. The number of nitrogens with zero attached hydrogens (tertiary/aromatic N) is 2. The summed E-state index contributed by atoms with van der Waals surface area (Å²) in [4.78, 5) is 23.5. The summed E-state index contributed by atoms with van der Waals surface area (Å²) in [5.74, 6) is -0.229. The van der Waals surface area contributed by atoms with Gasteiger partial charge >= 0.3 is 10.1 Å². The van der Waals surface area contributed by atoms with Crippen molar-refractivity contribution < 1.29 is 22.3 Å². The number of thioether (sulfide) groups is 1. The van der Waals surface area contributed by atoms with Gasteiger partial charge in [0.15, 0.2) is 4.90 Å². The zero-order chi connectivity index (χ0) is 20.5. The van der Waals surface area contributed by atoms with Crippen molar-refractivity contribution in [1.29, 1.82) is 0 Å². The Bertz CT molecular complexity index is 1110. The molecule has 0 radical (unpaired) electrons. The Morgan fingerprint density at radius 3 is 2.39 bits per heavy atom. The summed E-state index contributed by atoms with van der Waals surface area (Å²) in [6.07, 6.45) is 1.63. The first-order valence-corrected chi connectivity index (χ1v) is 10.3. The van der Waals surface area contributed by atoms with Gasteiger partial charge in [0.1, 0.15) is 10.1 Å². The number of carbonyl (C=O) groups is 1. The third-order valence-corrected chi connectivity index (χ3v) is 6.48. The first-order chi connectivity index (χ1) is 13.2. The van der Waals surface area contributed by atoms with Crippen LogP contribution in [-0.4, -0.2) is 35.5 Å². The van der Waals surface area contributed by atoms with Gasteiger partial charge in [-0.3, -0.25) is 19.8 Å². The van der Waals surface area contributed by atoms with Crippen LogP contribution in [0.5, 0.6) is 5.75 Å². The van der Waals surface area contributed by atoms with E-state index in [9.17, 15) is 23.3 Å². The topological polar surface area (TPSA) is 107 Å². The number of hydrogen-bond donors (Lipinski definition) is 0. The van der Waals surface area contributed by atoms with Crippen LogP contribution < -0.4 is 4.18 Å². The van der Waals surface area contributed by atoms with Crippen LogP contribution in [0.25, 0.3) is 6.08 Å². The Balaban J connectivity index is 1.83. The minimum absolute atomic E-state index is 0.0154. The maximum absolute atomic E-state index is 12.4. The standard InChI is InChI=1S/C17H12N2O6S3/c1-18-16(20)14(27-17(18)26)10-11-6-8-12(9-7-11)25-28(23,24)15-5-3-2-4-13(15)19(21)22/h2-10H,1H3. The minimum atomic E-state index is -4.39. The van der Waals surface area contributed by atoms with Gasteiger partial charge in [-0.25, -0.2) is 0 Å². The minimum Gasteiger partial charge on any atom is -0.379 e. The average Bonchev–Trinajstić information content (AvgIpc) is 2.90. The molecule has 0 aromatic heterocycles. The lowest BCUT2D eigenvalue weighted by Crippen LogP contribution is -2.22. The molecule has 0 bridgehead atoms. The number of para-hydroxylation sites is 1. The van der Waals surface area contributed by atoms with E-state index in [4.69, 9.17) is 16.4 Å². The first kappa shape index (κ1) is 20.0. The number of benzene rings is 2. The number of likely N-dealkylation sites (N-methyl/N-ethyl adjacent to an activating group) is 1. The van der Waals surface area contributed by atoms with Crippen LogP contribution in [0.4, 0.5) is 5.69 Å². The van der Waals surface area contributed by atoms with E-state index in [1.807, 2.05) is 0 Å². The molecular formula is C17H12N2O6S3. The lowest BCUT2D eigenvalue weighted by Gasteiger charge is -2.07. The molecule has 2 aromatic carbocycles. The van der Waals surface area contributed by atoms with E-state index in [2.05, 4.69) is 0 Å². The van der Waals surface area contributed by atoms with Gasteiger partial charge in [-0.1, -0.05) is 48.2 Å².